The van der Waals surface area contributed by atoms with Gasteiger partial charge in [-0.2, -0.15) is 8.82 Å². The Balaban J connectivity index is 1.39. The number of fused-ring (bicyclic) bond motifs is 1. The molecule has 4 rings (SSSR count). The molecule has 4 heterocycles. The maximum absolute atomic E-state index is 11.7. The number of aliphatic hydroxyl groups is 1. The van der Waals surface area contributed by atoms with Crippen LogP contribution in [0.3, 0.4) is 0 Å². The van der Waals surface area contributed by atoms with Gasteiger partial charge in [-0.3, -0.25) is 4.90 Å². The second-order valence-electron chi connectivity index (χ2n) is 9.78. The van der Waals surface area contributed by atoms with Crippen molar-refractivity contribution >= 4 is 21.5 Å². The molecule has 0 amide bonds. The predicted molar refractivity (Wildman–Crippen MR) is 114 cm³/mol. The summed E-state index contributed by atoms with van der Waals surface area (Å²) >= 11 is 0. The van der Waals surface area contributed by atoms with Crippen LogP contribution in [0.15, 0.2) is 12.1 Å². The van der Waals surface area contributed by atoms with Crippen molar-refractivity contribution in [3.63, 3.8) is 0 Å². The lowest BCUT2D eigenvalue weighted by molar-refractivity contribution is 0.00864. The molecule has 0 aromatic carbocycles. The lowest BCUT2D eigenvalue weighted by Crippen LogP contribution is -2.61. The molecule has 2 fully saturated rings. The molecule has 1 atom stereocenters. The smallest absolute Gasteiger partial charge is 0.211 e. The Morgan fingerprint density at radius 3 is 2.57 bits per heavy atom. The Bertz CT molecular complexity index is 1040. The van der Waals surface area contributed by atoms with Crippen LogP contribution in [0.25, 0.3) is 5.65 Å². The number of hydrogen-bond acceptors (Lipinski definition) is 8. The fourth-order valence-corrected chi connectivity index (χ4v) is 5.06. The minimum absolute atomic E-state index is 0.153. The molecule has 166 valence electrons. The Hall–Kier alpha value is -1.82. The van der Waals surface area contributed by atoms with Gasteiger partial charge in [-0.05, 0) is 25.6 Å². The van der Waals surface area contributed by atoms with Crippen LogP contribution in [0.4, 0.5) is 5.82 Å². The van der Waals surface area contributed by atoms with Crippen LogP contribution >= 0.6 is 0 Å². The third-order valence-electron chi connectivity index (χ3n) is 6.04. The van der Waals surface area contributed by atoms with Crippen LogP contribution in [-0.4, -0.2) is 100 Å². The normalized spacial score (nSPS) is 24.2. The SMILES string of the molecule is CN(CC1(O)CCN(S(C)(=O)=O)C1)C1CN(c2ccc3nnc(C(C)(C)C)n3n2)C1. The van der Waals surface area contributed by atoms with Crippen LogP contribution in [-0.2, 0) is 15.4 Å². The quantitative estimate of drug-likeness (QED) is 0.693. The average Bonchev–Trinajstić information content (AvgIpc) is 3.16. The first-order chi connectivity index (χ1) is 13.9. The monoisotopic (exact) mass is 437 g/mol. The fourth-order valence-electron chi connectivity index (χ4n) is 4.16. The molecule has 2 aliphatic rings. The number of aromatic nitrogens is 4. The van der Waals surface area contributed by atoms with E-state index in [1.807, 2.05) is 23.7 Å². The van der Waals surface area contributed by atoms with E-state index in [0.29, 0.717) is 19.5 Å². The summed E-state index contributed by atoms with van der Waals surface area (Å²) in [6.07, 6.45) is 1.65. The first-order valence-corrected chi connectivity index (χ1v) is 12.1. The van der Waals surface area contributed by atoms with E-state index in [1.54, 1.807) is 0 Å². The molecule has 0 saturated carbocycles. The zero-order valence-electron chi connectivity index (χ0n) is 18.3. The van der Waals surface area contributed by atoms with Crippen molar-refractivity contribution in [3.05, 3.63) is 18.0 Å². The zero-order valence-corrected chi connectivity index (χ0v) is 19.1. The average molecular weight is 438 g/mol. The summed E-state index contributed by atoms with van der Waals surface area (Å²) < 4.78 is 26.7. The highest BCUT2D eigenvalue weighted by Crippen LogP contribution is 2.28. The Kier molecular flexibility index (Phi) is 5.08. The maximum Gasteiger partial charge on any atom is 0.211 e. The van der Waals surface area contributed by atoms with Gasteiger partial charge in [0.1, 0.15) is 5.82 Å². The number of sulfonamides is 1. The molecule has 2 saturated heterocycles. The summed E-state index contributed by atoms with van der Waals surface area (Å²) in [5.41, 5.74) is -0.421. The first kappa shape index (κ1) is 21.4. The van der Waals surface area contributed by atoms with Crippen molar-refractivity contribution < 1.29 is 13.5 Å². The molecule has 0 radical (unpaired) electrons. The van der Waals surface area contributed by atoms with Crippen LogP contribution in [0.2, 0.25) is 0 Å². The number of likely N-dealkylation sites (N-methyl/N-ethyl adjacent to an activating group) is 1. The van der Waals surface area contributed by atoms with Crippen molar-refractivity contribution in [1.29, 1.82) is 0 Å². The molecule has 2 aromatic rings. The minimum atomic E-state index is -3.27. The van der Waals surface area contributed by atoms with Gasteiger partial charge in [0.2, 0.25) is 10.0 Å². The van der Waals surface area contributed by atoms with E-state index in [4.69, 9.17) is 5.10 Å². The highest BCUT2D eigenvalue weighted by atomic mass is 32.2. The summed E-state index contributed by atoms with van der Waals surface area (Å²) in [4.78, 5) is 4.31. The molecule has 1 N–H and O–H groups in total. The lowest BCUT2D eigenvalue weighted by Gasteiger charge is -2.46. The number of hydrogen-bond donors (Lipinski definition) is 1. The number of anilines is 1. The molecule has 0 bridgehead atoms. The summed E-state index contributed by atoms with van der Waals surface area (Å²) in [6.45, 7) is 8.85. The van der Waals surface area contributed by atoms with Gasteiger partial charge in [0, 0.05) is 44.2 Å². The highest BCUT2D eigenvalue weighted by Gasteiger charge is 2.42. The summed E-state index contributed by atoms with van der Waals surface area (Å²) in [5.74, 6) is 1.70. The molecular formula is C19H31N7O3S. The van der Waals surface area contributed by atoms with E-state index in [2.05, 4.69) is 40.8 Å². The number of nitrogens with zero attached hydrogens (tertiary/aromatic N) is 7. The van der Waals surface area contributed by atoms with E-state index in [-0.39, 0.29) is 18.0 Å². The van der Waals surface area contributed by atoms with Gasteiger partial charge in [-0.15, -0.1) is 15.3 Å². The third kappa shape index (κ3) is 4.03. The summed E-state index contributed by atoms with van der Waals surface area (Å²) in [6, 6.07) is 4.17. The molecule has 2 aromatic heterocycles. The third-order valence-corrected chi connectivity index (χ3v) is 7.29. The largest absolute Gasteiger partial charge is 0.387 e. The second kappa shape index (κ2) is 7.11. The highest BCUT2D eigenvalue weighted by molar-refractivity contribution is 7.88. The van der Waals surface area contributed by atoms with Crippen LogP contribution in [0, 0.1) is 0 Å². The van der Waals surface area contributed by atoms with Gasteiger partial charge in [0.05, 0.1) is 11.9 Å². The van der Waals surface area contributed by atoms with Crippen LogP contribution in [0.5, 0.6) is 0 Å². The van der Waals surface area contributed by atoms with Gasteiger partial charge in [0.15, 0.2) is 11.5 Å². The second-order valence-corrected chi connectivity index (χ2v) is 11.8. The van der Waals surface area contributed by atoms with E-state index in [0.717, 1.165) is 30.4 Å². The van der Waals surface area contributed by atoms with Gasteiger partial charge >= 0.3 is 0 Å². The number of rotatable bonds is 5. The predicted octanol–water partition coefficient (Wildman–Crippen LogP) is -0.0614. The molecule has 2 aliphatic heterocycles. The molecule has 1 unspecified atom stereocenters. The lowest BCUT2D eigenvalue weighted by atomic mass is 9.96. The van der Waals surface area contributed by atoms with Gasteiger partial charge < -0.3 is 10.0 Å². The summed E-state index contributed by atoms with van der Waals surface area (Å²) in [5, 5.41) is 24.1. The topological polar surface area (TPSA) is 107 Å². The summed E-state index contributed by atoms with van der Waals surface area (Å²) in [7, 11) is -1.28. The van der Waals surface area contributed by atoms with Gasteiger partial charge in [-0.25, -0.2) is 8.42 Å². The number of β-amino-alcohol motifs (C(OH)–C–C–N with tert-alkyl or cyclic N) is 1. The molecule has 11 heteroatoms. The molecule has 30 heavy (non-hydrogen) atoms. The van der Waals surface area contributed by atoms with Crippen molar-refractivity contribution in [2.75, 3.05) is 50.9 Å². The Labute approximate surface area is 177 Å². The molecule has 0 aliphatic carbocycles. The van der Waals surface area contributed by atoms with Crippen LogP contribution in [0.1, 0.15) is 33.0 Å². The fraction of sp³-hybridized carbons (Fsp3) is 0.737. The molecule has 0 spiro atoms. The van der Waals surface area contributed by atoms with Crippen molar-refractivity contribution in [2.45, 2.75) is 44.2 Å². The van der Waals surface area contributed by atoms with E-state index in [9.17, 15) is 13.5 Å². The Morgan fingerprint density at radius 1 is 1.27 bits per heavy atom. The standard InChI is InChI=1S/C19H31N7O3S/c1-18(2,3)17-21-20-15-6-7-16(22-26(15)17)24-10-14(11-24)23(4)12-19(27)8-9-25(13-19)30(5,28)29/h6-7,14,27H,8-13H2,1-5H3. The Morgan fingerprint density at radius 2 is 1.97 bits per heavy atom. The van der Waals surface area contributed by atoms with Gasteiger partial charge in [-0.1, -0.05) is 20.8 Å². The first-order valence-electron chi connectivity index (χ1n) is 10.2. The molecule has 10 nitrogen and oxygen atoms in total. The van der Waals surface area contributed by atoms with E-state index in [1.165, 1.54) is 10.6 Å². The van der Waals surface area contributed by atoms with Crippen molar-refractivity contribution in [3.8, 4) is 0 Å². The molecular weight excluding hydrogens is 406 g/mol. The van der Waals surface area contributed by atoms with E-state index >= 15 is 0 Å². The minimum Gasteiger partial charge on any atom is -0.387 e. The van der Waals surface area contributed by atoms with Crippen LogP contribution < -0.4 is 4.90 Å². The van der Waals surface area contributed by atoms with Gasteiger partial charge in [0.25, 0.3) is 0 Å². The maximum atomic E-state index is 11.7. The van der Waals surface area contributed by atoms with Crippen molar-refractivity contribution in [1.82, 2.24) is 29.0 Å². The van der Waals surface area contributed by atoms with Crippen molar-refractivity contribution in [2.24, 2.45) is 0 Å². The van der Waals surface area contributed by atoms with E-state index < -0.39 is 15.6 Å². The zero-order chi connectivity index (χ0) is 21.9.